The van der Waals surface area contributed by atoms with Gasteiger partial charge in [-0.3, -0.25) is 9.59 Å². The highest BCUT2D eigenvalue weighted by Crippen LogP contribution is 2.44. The Hall–Kier alpha value is -2.72. The van der Waals surface area contributed by atoms with Gasteiger partial charge in [-0.2, -0.15) is 0 Å². The number of anilines is 1. The molecule has 1 aliphatic heterocycles. The van der Waals surface area contributed by atoms with Gasteiger partial charge in [-0.05, 0) is 42.9 Å². The fraction of sp³-hybridized carbons (Fsp3) is 0.381. The van der Waals surface area contributed by atoms with Gasteiger partial charge in [0.25, 0.3) is 0 Å². The van der Waals surface area contributed by atoms with Crippen molar-refractivity contribution in [2.75, 3.05) is 12.0 Å². The van der Waals surface area contributed by atoms with E-state index in [0.717, 1.165) is 39.9 Å². The number of thiophene rings is 1. The van der Waals surface area contributed by atoms with Crippen LogP contribution in [0.5, 0.6) is 0 Å². The van der Waals surface area contributed by atoms with Crippen LogP contribution in [0.1, 0.15) is 50.9 Å². The number of carboxylic acids is 1. The molecule has 0 N–H and O–H groups in total. The molecule has 2 aliphatic rings. The molecule has 31 heavy (non-hydrogen) atoms. The zero-order chi connectivity index (χ0) is 22.3. The van der Waals surface area contributed by atoms with E-state index in [-0.39, 0.29) is 22.6 Å². The van der Waals surface area contributed by atoms with Crippen molar-refractivity contribution < 1.29 is 29.0 Å². The molecule has 162 valence electrons. The Kier molecular flexibility index (Phi) is 5.85. The number of methoxy groups -OCH3 is 1. The van der Waals surface area contributed by atoms with Crippen LogP contribution in [0, 0.1) is 5.92 Å². The molecule has 0 radical (unpaired) electrons. The number of fused-ring (bicyclic) bond motifs is 1. The van der Waals surface area contributed by atoms with Gasteiger partial charge in [-0.25, -0.2) is 14.7 Å². The van der Waals surface area contributed by atoms with Crippen molar-refractivity contribution in [1.82, 2.24) is 4.98 Å². The third-order valence-electron chi connectivity index (χ3n) is 5.44. The fourth-order valence-electron chi connectivity index (χ4n) is 3.89. The predicted octanol–water partition coefficient (Wildman–Crippen LogP) is 1.84. The minimum atomic E-state index is -1.41. The van der Waals surface area contributed by atoms with Crippen molar-refractivity contribution in [1.29, 1.82) is 0 Å². The summed E-state index contributed by atoms with van der Waals surface area (Å²) in [7, 11) is 1.27. The molecule has 1 fully saturated rings. The van der Waals surface area contributed by atoms with Gasteiger partial charge >= 0.3 is 5.97 Å². The third-order valence-corrected chi connectivity index (χ3v) is 7.88. The second kappa shape index (κ2) is 8.43. The molecule has 2 atom stereocenters. The van der Waals surface area contributed by atoms with E-state index in [4.69, 9.17) is 4.74 Å². The monoisotopic (exact) mass is 459 g/mol. The molecule has 2 aromatic heterocycles. The lowest BCUT2D eigenvalue weighted by molar-refractivity contribution is -0.255. The number of amides is 2. The number of aromatic carboxylic acids is 1. The number of thioether (sulfide) groups is 1. The standard InChI is InChI=1S/C21H20N2O6S2/c1-10-5-6-11-13(8-10)31-19(16(11)21(28)29-2)23-15(24)9-14(18(23)25)30-17-12(20(26)27)4-3-7-22-17/h3-4,7,10,14H,5-6,8-9H2,1-2H3,(H,26,27)/p-1/t10-,14+/m1/s1. The number of esters is 1. The van der Waals surface area contributed by atoms with Crippen LogP contribution < -0.4 is 10.0 Å². The van der Waals surface area contributed by atoms with Crippen LogP contribution in [0.3, 0.4) is 0 Å². The normalized spacial score (nSPS) is 20.6. The molecule has 2 aromatic rings. The van der Waals surface area contributed by atoms with Gasteiger partial charge in [0.05, 0.1) is 23.9 Å². The Morgan fingerprint density at radius 1 is 1.32 bits per heavy atom. The number of carbonyl (C=O) groups excluding carboxylic acids is 4. The minimum Gasteiger partial charge on any atom is -0.545 e. The van der Waals surface area contributed by atoms with Crippen LogP contribution in [-0.2, 0) is 27.2 Å². The smallest absolute Gasteiger partial charge is 0.341 e. The van der Waals surface area contributed by atoms with Gasteiger partial charge in [-0.15, -0.1) is 11.3 Å². The van der Waals surface area contributed by atoms with Crippen LogP contribution in [0.4, 0.5) is 5.00 Å². The van der Waals surface area contributed by atoms with Gasteiger partial charge in [0, 0.05) is 23.1 Å². The number of pyridine rings is 1. The molecule has 3 heterocycles. The van der Waals surface area contributed by atoms with Crippen LogP contribution in [0.15, 0.2) is 23.4 Å². The van der Waals surface area contributed by atoms with Crippen molar-refractivity contribution in [2.45, 2.75) is 42.9 Å². The summed E-state index contributed by atoms with van der Waals surface area (Å²) in [5, 5.41) is 10.9. The fourth-order valence-corrected chi connectivity index (χ4v) is 6.51. The molecule has 0 spiro atoms. The maximum absolute atomic E-state index is 13.2. The zero-order valence-electron chi connectivity index (χ0n) is 16.9. The Morgan fingerprint density at radius 3 is 2.81 bits per heavy atom. The van der Waals surface area contributed by atoms with Crippen molar-refractivity contribution in [3.05, 3.63) is 39.9 Å². The zero-order valence-corrected chi connectivity index (χ0v) is 18.5. The first-order chi connectivity index (χ1) is 14.8. The minimum absolute atomic E-state index is 0.114. The SMILES string of the molecule is COC(=O)c1c(N2C(=O)C[C@H](Sc3ncccc3C(=O)[O-])C2=O)sc2c1CC[C@@H](C)C2. The van der Waals surface area contributed by atoms with Crippen molar-refractivity contribution in [3.8, 4) is 0 Å². The van der Waals surface area contributed by atoms with E-state index in [0.29, 0.717) is 17.3 Å². The van der Waals surface area contributed by atoms with Crippen molar-refractivity contribution in [3.63, 3.8) is 0 Å². The maximum Gasteiger partial charge on any atom is 0.341 e. The van der Waals surface area contributed by atoms with E-state index in [1.807, 2.05) is 0 Å². The summed E-state index contributed by atoms with van der Waals surface area (Å²) in [4.78, 5) is 56.0. The number of hydrogen-bond donors (Lipinski definition) is 0. The quantitative estimate of drug-likeness (QED) is 0.491. The number of carboxylic acid groups (broad SMARTS) is 1. The molecule has 0 bridgehead atoms. The van der Waals surface area contributed by atoms with Crippen molar-refractivity contribution >= 4 is 51.9 Å². The molecule has 1 aliphatic carbocycles. The number of nitrogens with zero attached hydrogens (tertiary/aromatic N) is 2. The lowest BCUT2D eigenvalue weighted by Crippen LogP contribution is -2.32. The van der Waals surface area contributed by atoms with Gasteiger partial charge in [-0.1, -0.05) is 18.7 Å². The second-order valence-corrected chi connectivity index (χ2v) is 9.82. The van der Waals surface area contributed by atoms with Crippen LogP contribution in [0.25, 0.3) is 0 Å². The van der Waals surface area contributed by atoms with Gasteiger partial charge in [0.2, 0.25) is 11.8 Å². The summed E-state index contributed by atoms with van der Waals surface area (Å²) >= 11 is 2.20. The lowest BCUT2D eigenvalue weighted by Gasteiger charge is -2.18. The van der Waals surface area contributed by atoms with Crippen LogP contribution in [-0.4, -0.2) is 41.1 Å². The number of carbonyl (C=O) groups is 4. The first-order valence-corrected chi connectivity index (χ1v) is 11.4. The summed E-state index contributed by atoms with van der Waals surface area (Å²) in [6.07, 6.45) is 3.68. The predicted molar refractivity (Wildman–Crippen MR) is 112 cm³/mol. The van der Waals surface area contributed by atoms with E-state index in [1.54, 1.807) is 0 Å². The average Bonchev–Trinajstić information content (AvgIpc) is 3.23. The van der Waals surface area contributed by atoms with Gasteiger partial charge in [0.15, 0.2) is 0 Å². The largest absolute Gasteiger partial charge is 0.545 e. The summed E-state index contributed by atoms with van der Waals surface area (Å²) in [6.45, 7) is 2.13. The summed E-state index contributed by atoms with van der Waals surface area (Å²) < 4.78 is 4.95. The maximum atomic E-state index is 13.2. The highest BCUT2D eigenvalue weighted by Gasteiger charge is 2.44. The van der Waals surface area contributed by atoms with E-state index in [9.17, 15) is 24.3 Å². The average molecular weight is 460 g/mol. The van der Waals surface area contributed by atoms with Gasteiger partial charge in [0.1, 0.15) is 10.0 Å². The molecule has 0 saturated carbocycles. The molecular formula is C21H19N2O6S2-. The summed E-state index contributed by atoms with van der Waals surface area (Å²) in [5.74, 6) is -2.46. The molecule has 10 heteroatoms. The van der Waals surface area contributed by atoms with E-state index < -0.39 is 29.0 Å². The van der Waals surface area contributed by atoms with Crippen LogP contribution in [0.2, 0.25) is 0 Å². The van der Waals surface area contributed by atoms with Crippen molar-refractivity contribution in [2.24, 2.45) is 5.92 Å². The highest BCUT2D eigenvalue weighted by atomic mass is 32.2. The molecular weight excluding hydrogens is 440 g/mol. The number of rotatable bonds is 5. The van der Waals surface area contributed by atoms with Gasteiger partial charge < -0.3 is 14.6 Å². The Morgan fingerprint density at radius 2 is 2.10 bits per heavy atom. The van der Waals surface area contributed by atoms with E-state index in [1.165, 1.54) is 36.8 Å². The molecule has 4 rings (SSSR count). The first-order valence-electron chi connectivity index (χ1n) is 9.74. The number of ether oxygens (including phenoxy) is 1. The molecule has 8 nitrogen and oxygen atoms in total. The summed E-state index contributed by atoms with van der Waals surface area (Å²) in [6, 6.07) is 2.80. The van der Waals surface area contributed by atoms with E-state index in [2.05, 4.69) is 11.9 Å². The molecule has 1 saturated heterocycles. The Labute approximate surface area is 186 Å². The first kappa shape index (κ1) is 21.5. The Balaban J connectivity index is 1.69. The highest BCUT2D eigenvalue weighted by molar-refractivity contribution is 8.00. The molecule has 0 aromatic carbocycles. The van der Waals surface area contributed by atoms with Crippen LogP contribution >= 0.6 is 23.1 Å². The second-order valence-electron chi connectivity index (χ2n) is 7.55. The molecule has 2 amide bonds. The number of imide groups is 1. The third kappa shape index (κ3) is 3.85. The Bertz CT molecular complexity index is 1100. The number of aromatic nitrogens is 1. The topological polar surface area (TPSA) is 117 Å². The lowest BCUT2D eigenvalue weighted by atomic mass is 9.88. The van der Waals surface area contributed by atoms with E-state index >= 15 is 0 Å². The summed E-state index contributed by atoms with van der Waals surface area (Å²) in [5.41, 5.74) is 1.00. The number of hydrogen-bond acceptors (Lipinski definition) is 9. The molecule has 0 unspecified atom stereocenters.